The van der Waals surface area contributed by atoms with Gasteiger partial charge < -0.3 is 14.6 Å². The molecule has 2 rings (SSSR count). The monoisotopic (exact) mass is 273 g/mol. The molecule has 0 saturated heterocycles. The van der Waals surface area contributed by atoms with Crippen LogP contribution >= 0.6 is 0 Å². The minimum absolute atomic E-state index is 0.198. The molecule has 0 bridgehead atoms. The molecule has 0 aliphatic carbocycles. The second-order valence-corrected chi connectivity index (χ2v) is 5.16. The van der Waals surface area contributed by atoms with Gasteiger partial charge in [-0.3, -0.25) is 0 Å². The number of hydrogen-bond acceptors (Lipinski definition) is 3. The molecule has 0 fully saturated rings. The Morgan fingerprint density at radius 3 is 2.80 bits per heavy atom. The van der Waals surface area contributed by atoms with E-state index in [9.17, 15) is 0 Å². The fourth-order valence-electron chi connectivity index (χ4n) is 2.08. The molecule has 0 saturated carbocycles. The fourth-order valence-corrected chi connectivity index (χ4v) is 2.08. The lowest BCUT2D eigenvalue weighted by Crippen LogP contribution is -2.19. The van der Waals surface area contributed by atoms with Crippen molar-refractivity contribution >= 4 is 0 Å². The molecule has 1 N–H and O–H groups in total. The van der Waals surface area contributed by atoms with Gasteiger partial charge in [0.25, 0.3) is 0 Å². The maximum Gasteiger partial charge on any atom is 0.124 e. The Hall–Kier alpha value is -1.81. The first-order chi connectivity index (χ1) is 9.66. The third-order valence-electron chi connectivity index (χ3n) is 3.10. The number of benzene rings is 1. The van der Waals surface area contributed by atoms with E-state index in [2.05, 4.69) is 20.9 Å². The predicted molar refractivity (Wildman–Crippen MR) is 80.8 cm³/mol. The third kappa shape index (κ3) is 4.10. The van der Waals surface area contributed by atoms with Gasteiger partial charge in [-0.15, -0.1) is 0 Å². The molecule has 0 atom stereocenters. The van der Waals surface area contributed by atoms with Crippen molar-refractivity contribution in [3.05, 3.63) is 48.0 Å². The Morgan fingerprint density at radius 2 is 2.10 bits per heavy atom. The van der Waals surface area contributed by atoms with E-state index in [1.165, 1.54) is 5.56 Å². The highest BCUT2D eigenvalue weighted by Gasteiger charge is 2.05. The molecule has 4 heteroatoms. The van der Waals surface area contributed by atoms with Crippen LogP contribution in [0.25, 0.3) is 0 Å². The van der Waals surface area contributed by atoms with Gasteiger partial charge in [0.2, 0.25) is 0 Å². The predicted octanol–water partition coefficient (Wildman–Crippen LogP) is 2.54. The number of ether oxygens (including phenoxy) is 1. The summed E-state index contributed by atoms with van der Waals surface area (Å²) in [6.07, 6.45) is 4.93. The number of imidazole rings is 1. The molecule has 0 spiro atoms. The van der Waals surface area contributed by atoms with Gasteiger partial charge >= 0.3 is 0 Å². The Kier molecular flexibility index (Phi) is 5.18. The largest absolute Gasteiger partial charge is 0.491 e. The van der Waals surface area contributed by atoms with E-state index in [-0.39, 0.29) is 6.10 Å². The smallest absolute Gasteiger partial charge is 0.124 e. The van der Waals surface area contributed by atoms with Crippen molar-refractivity contribution in [2.75, 3.05) is 6.54 Å². The van der Waals surface area contributed by atoms with Gasteiger partial charge in [-0.1, -0.05) is 18.2 Å². The highest BCUT2D eigenvalue weighted by atomic mass is 16.5. The second kappa shape index (κ2) is 7.10. The maximum atomic E-state index is 5.81. The first-order valence-corrected chi connectivity index (χ1v) is 7.08. The van der Waals surface area contributed by atoms with Crippen molar-refractivity contribution in [2.45, 2.75) is 32.9 Å². The molecular weight excluding hydrogens is 250 g/mol. The number of hydrogen-bond donors (Lipinski definition) is 1. The van der Waals surface area contributed by atoms with E-state index in [0.29, 0.717) is 0 Å². The minimum Gasteiger partial charge on any atom is -0.491 e. The fraction of sp³-hybridized carbons (Fsp3) is 0.438. The summed E-state index contributed by atoms with van der Waals surface area (Å²) in [6.45, 7) is 5.81. The number of aryl methyl sites for hydroxylation is 1. The van der Waals surface area contributed by atoms with Crippen molar-refractivity contribution in [1.29, 1.82) is 0 Å². The van der Waals surface area contributed by atoms with Crippen molar-refractivity contribution in [1.82, 2.24) is 14.9 Å². The summed E-state index contributed by atoms with van der Waals surface area (Å²) >= 11 is 0. The molecule has 2 aromatic rings. The lowest BCUT2D eigenvalue weighted by atomic mass is 10.2. The third-order valence-corrected chi connectivity index (χ3v) is 3.10. The van der Waals surface area contributed by atoms with Gasteiger partial charge in [0, 0.05) is 44.5 Å². The van der Waals surface area contributed by atoms with E-state index < -0.39 is 0 Å². The molecule has 0 aliphatic heterocycles. The maximum absolute atomic E-state index is 5.81. The van der Waals surface area contributed by atoms with Gasteiger partial charge in [0.1, 0.15) is 11.6 Å². The van der Waals surface area contributed by atoms with Crippen LogP contribution in [0.1, 0.15) is 25.2 Å². The normalized spacial score (nSPS) is 11.0. The Bertz CT molecular complexity index is 534. The van der Waals surface area contributed by atoms with Crippen molar-refractivity contribution in [2.24, 2.45) is 7.05 Å². The lowest BCUT2D eigenvalue weighted by molar-refractivity contribution is 0.239. The summed E-state index contributed by atoms with van der Waals surface area (Å²) in [6, 6.07) is 8.18. The molecule has 1 aromatic heterocycles. The average Bonchev–Trinajstić information content (AvgIpc) is 2.81. The number of nitrogens with zero attached hydrogens (tertiary/aromatic N) is 2. The van der Waals surface area contributed by atoms with Crippen LogP contribution < -0.4 is 10.1 Å². The van der Waals surface area contributed by atoms with Gasteiger partial charge in [-0.05, 0) is 19.9 Å². The molecular formula is C16H23N3O. The summed E-state index contributed by atoms with van der Waals surface area (Å²) in [5.41, 5.74) is 1.20. The van der Waals surface area contributed by atoms with Gasteiger partial charge in [-0.2, -0.15) is 0 Å². The van der Waals surface area contributed by atoms with Crippen LogP contribution in [0.4, 0.5) is 0 Å². The zero-order chi connectivity index (χ0) is 14.4. The molecule has 0 unspecified atom stereocenters. The van der Waals surface area contributed by atoms with Crippen LogP contribution in [0.2, 0.25) is 0 Å². The minimum atomic E-state index is 0.198. The van der Waals surface area contributed by atoms with Crippen LogP contribution in [0.3, 0.4) is 0 Å². The Morgan fingerprint density at radius 1 is 1.30 bits per heavy atom. The van der Waals surface area contributed by atoms with E-state index >= 15 is 0 Å². The Labute approximate surface area is 120 Å². The van der Waals surface area contributed by atoms with E-state index in [4.69, 9.17) is 4.74 Å². The zero-order valence-electron chi connectivity index (χ0n) is 12.5. The highest BCUT2D eigenvalue weighted by molar-refractivity contribution is 5.33. The summed E-state index contributed by atoms with van der Waals surface area (Å²) < 4.78 is 7.86. The van der Waals surface area contributed by atoms with Crippen LogP contribution in [-0.2, 0) is 20.0 Å². The average molecular weight is 273 g/mol. The molecule has 1 heterocycles. The van der Waals surface area contributed by atoms with E-state index in [1.807, 2.05) is 51.5 Å². The summed E-state index contributed by atoms with van der Waals surface area (Å²) in [7, 11) is 2.02. The highest BCUT2D eigenvalue weighted by Crippen LogP contribution is 2.18. The molecule has 0 radical (unpaired) electrons. The van der Waals surface area contributed by atoms with Crippen LogP contribution in [0.15, 0.2) is 36.7 Å². The van der Waals surface area contributed by atoms with Crippen molar-refractivity contribution < 1.29 is 4.74 Å². The number of aromatic nitrogens is 2. The zero-order valence-corrected chi connectivity index (χ0v) is 12.5. The SMILES string of the molecule is CC(C)Oc1ccccc1CNCCc1nccn1C. The quantitative estimate of drug-likeness (QED) is 0.788. The first kappa shape index (κ1) is 14.6. The Balaban J connectivity index is 1.83. The molecule has 4 nitrogen and oxygen atoms in total. The summed E-state index contributed by atoms with van der Waals surface area (Å²) in [4.78, 5) is 4.32. The molecule has 20 heavy (non-hydrogen) atoms. The van der Waals surface area contributed by atoms with Crippen molar-refractivity contribution in [3.8, 4) is 5.75 Å². The van der Waals surface area contributed by atoms with Crippen molar-refractivity contribution in [3.63, 3.8) is 0 Å². The molecule has 108 valence electrons. The number of nitrogens with one attached hydrogen (secondary N) is 1. The first-order valence-electron chi connectivity index (χ1n) is 7.08. The second-order valence-electron chi connectivity index (χ2n) is 5.16. The molecule has 0 amide bonds. The van der Waals surface area contributed by atoms with Crippen LogP contribution in [-0.4, -0.2) is 22.2 Å². The molecule has 0 aliphatic rings. The van der Waals surface area contributed by atoms with Gasteiger partial charge in [0.05, 0.1) is 6.10 Å². The van der Waals surface area contributed by atoms with Crippen LogP contribution in [0, 0.1) is 0 Å². The van der Waals surface area contributed by atoms with E-state index in [0.717, 1.165) is 31.1 Å². The summed E-state index contributed by atoms with van der Waals surface area (Å²) in [5, 5.41) is 3.45. The topological polar surface area (TPSA) is 39.1 Å². The standard InChI is InChI=1S/C16H23N3O/c1-13(2)20-15-7-5-4-6-14(15)12-17-9-8-16-18-10-11-19(16)3/h4-7,10-11,13,17H,8-9,12H2,1-3H3. The van der Waals surface area contributed by atoms with Crippen LogP contribution in [0.5, 0.6) is 5.75 Å². The number of rotatable bonds is 7. The molecule has 1 aromatic carbocycles. The van der Waals surface area contributed by atoms with E-state index in [1.54, 1.807) is 0 Å². The lowest BCUT2D eigenvalue weighted by Gasteiger charge is -2.14. The number of para-hydroxylation sites is 1. The summed E-state index contributed by atoms with van der Waals surface area (Å²) in [5.74, 6) is 2.07. The van der Waals surface area contributed by atoms with Gasteiger partial charge in [-0.25, -0.2) is 4.98 Å². The van der Waals surface area contributed by atoms with Gasteiger partial charge in [0.15, 0.2) is 0 Å².